The Labute approximate surface area is 338 Å². The highest BCUT2D eigenvalue weighted by Crippen LogP contribution is 2.46. The number of furan rings is 1. The third-order valence-corrected chi connectivity index (χ3v) is 12.7. The van der Waals surface area contributed by atoms with Crippen molar-refractivity contribution >= 4 is 92.3 Å². The van der Waals surface area contributed by atoms with Gasteiger partial charge in [0.25, 0.3) is 0 Å². The van der Waals surface area contributed by atoms with Crippen molar-refractivity contribution in [2.75, 3.05) is 4.90 Å². The highest BCUT2D eigenvalue weighted by Gasteiger charge is 2.21. The number of rotatable bonds is 6. The van der Waals surface area contributed by atoms with E-state index in [2.05, 4.69) is 210 Å². The van der Waals surface area contributed by atoms with E-state index in [0.29, 0.717) is 0 Å². The van der Waals surface area contributed by atoms with Gasteiger partial charge in [-0.05, 0) is 95.6 Å². The van der Waals surface area contributed by atoms with Gasteiger partial charge in [-0.25, -0.2) is 0 Å². The van der Waals surface area contributed by atoms with Gasteiger partial charge < -0.3 is 13.9 Å². The van der Waals surface area contributed by atoms with Crippen LogP contribution in [0.4, 0.5) is 17.1 Å². The normalized spacial score (nSPS) is 11.8. The number of aromatic nitrogens is 1. The molecule has 0 aliphatic rings. The van der Waals surface area contributed by atoms with Gasteiger partial charge in [-0.1, -0.05) is 127 Å². The Hall–Kier alpha value is -7.40. The lowest BCUT2D eigenvalue weighted by Gasteiger charge is -2.27. The molecule has 0 radical (unpaired) electrons. The van der Waals surface area contributed by atoms with Gasteiger partial charge in [-0.3, -0.25) is 0 Å². The molecule has 0 atom stereocenters. The number of hydrogen-bond acceptors (Lipinski definition) is 3. The van der Waals surface area contributed by atoms with Gasteiger partial charge in [0.05, 0.1) is 16.7 Å². The van der Waals surface area contributed by atoms with Crippen LogP contribution in [0, 0.1) is 0 Å². The van der Waals surface area contributed by atoms with Gasteiger partial charge in [0.15, 0.2) is 0 Å². The van der Waals surface area contributed by atoms with Crippen molar-refractivity contribution in [2.45, 2.75) is 0 Å². The summed E-state index contributed by atoms with van der Waals surface area (Å²) in [6, 6.07) is 74.4. The van der Waals surface area contributed by atoms with Crippen LogP contribution in [0.3, 0.4) is 0 Å². The predicted octanol–water partition coefficient (Wildman–Crippen LogP) is 15.9. The van der Waals surface area contributed by atoms with Crippen molar-refractivity contribution in [1.82, 2.24) is 4.57 Å². The zero-order valence-electron chi connectivity index (χ0n) is 31.3. The molecule has 3 heterocycles. The molecule has 0 aliphatic heterocycles. The molecule has 3 aromatic heterocycles. The summed E-state index contributed by atoms with van der Waals surface area (Å²) in [5.74, 6) is 0. The molecule has 0 amide bonds. The number of thiophene rings is 1. The Balaban J connectivity index is 1.02. The SMILES string of the molecule is c1ccc(-c2cccc3c2oc2ccc(-c4ccc(N(c5ccc6c(c5)c5ccccc5n6-c5ccccc5)c5cccc6sc7ccccc7c56)cc4)cc23)cc1. The minimum absolute atomic E-state index is 0.894. The molecule has 3 nitrogen and oxygen atoms in total. The number of para-hydroxylation sites is 3. The molecule has 0 saturated heterocycles. The molecule has 9 aromatic carbocycles. The Bertz CT molecular complexity index is 3500. The number of anilines is 3. The van der Waals surface area contributed by atoms with E-state index in [1.165, 1.54) is 42.0 Å². The summed E-state index contributed by atoms with van der Waals surface area (Å²) in [6.07, 6.45) is 0. The van der Waals surface area contributed by atoms with Crippen LogP contribution < -0.4 is 4.90 Å². The van der Waals surface area contributed by atoms with Crippen molar-refractivity contribution in [1.29, 1.82) is 0 Å². The second-order valence-electron chi connectivity index (χ2n) is 14.9. The molecule has 0 N–H and O–H groups in total. The first-order valence-corrected chi connectivity index (χ1v) is 20.5. The molecule has 272 valence electrons. The summed E-state index contributed by atoms with van der Waals surface area (Å²) in [5.41, 5.74) is 13.3. The summed E-state index contributed by atoms with van der Waals surface area (Å²) in [6.45, 7) is 0. The van der Waals surface area contributed by atoms with Gasteiger partial charge in [0, 0.05) is 64.3 Å². The highest BCUT2D eigenvalue weighted by atomic mass is 32.1. The van der Waals surface area contributed by atoms with Crippen LogP contribution >= 0.6 is 11.3 Å². The molecule has 12 rings (SSSR count). The van der Waals surface area contributed by atoms with E-state index in [9.17, 15) is 0 Å². The Kier molecular flexibility index (Phi) is 7.40. The minimum Gasteiger partial charge on any atom is -0.455 e. The Morgan fingerprint density at radius 1 is 0.414 bits per heavy atom. The first-order chi connectivity index (χ1) is 28.8. The quantitative estimate of drug-likeness (QED) is 0.168. The average molecular weight is 759 g/mol. The molecule has 0 saturated carbocycles. The maximum absolute atomic E-state index is 6.51. The maximum Gasteiger partial charge on any atom is 0.143 e. The van der Waals surface area contributed by atoms with Crippen LogP contribution in [0.1, 0.15) is 0 Å². The average Bonchev–Trinajstić information content (AvgIpc) is 3.97. The lowest BCUT2D eigenvalue weighted by Crippen LogP contribution is -2.10. The molecule has 12 aromatic rings. The molecular weight excluding hydrogens is 725 g/mol. The van der Waals surface area contributed by atoms with Crippen LogP contribution in [0.5, 0.6) is 0 Å². The summed E-state index contributed by atoms with van der Waals surface area (Å²) < 4.78 is 11.5. The third kappa shape index (κ3) is 5.12. The van der Waals surface area contributed by atoms with Gasteiger partial charge in [0.2, 0.25) is 0 Å². The van der Waals surface area contributed by atoms with E-state index in [1.807, 2.05) is 17.4 Å². The number of fused-ring (bicyclic) bond motifs is 9. The molecule has 0 unspecified atom stereocenters. The molecule has 0 aliphatic carbocycles. The van der Waals surface area contributed by atoms with Gasteiger partial charge >= 0.3 is 0 Å². The standard InChI is InChI=1S/C54H34N2OS/c1-3-13-36(14-4-1)41-19-11-20-43-46-33-37(27-32-50(46)57-54(41)43)35-25-28-39(29-26-35)55(49-22-12-24-52-53(49)44-18-8-10-23-51(44)58-52)40-30-31-48-45(34-40)42-17-7-9-21-47(42)56(48)38-15-5-2-6-16-38/h1-34H. The van der Waals surface area contributed by atoms with Crippen LogP contribution in [0.25, 0.3) is 91.9 Å². The van der Waals surface area contributed by atoms with Crippen LogP contribution in [0.2, 0.25) is 0 Å². The van der Waals surface area contributed by atoms with Crippen molar-refractivity contribution in [3.05, 3.63) is 206 Å². The zero-order valence-corrected chi connectivity index (χ0v) is 32.2. The Morgan fingerprint density at radius 3 is 1.95 bits per heavy atom. The summed E-state index contributed by atoms with van der Waals surface area (Å²) in [7, 11) is 0. The Morgan fingerprint density at radius 2 is 1.09 bits per heavy atom. The molecular formula is C54H34N2OS. The summed E-state index contributed by atoms with van der Waals surface area (Å²) >= 11 is 1.85. The van der Waals surface area contributed by atoms with Gasteiger partial charge in [-0.15, -0.1) is 11.3 Å². The zero-order chi connectivity index (χ0) is 38.2. The molecule has 0 spiro atoms. The monoisotopic (exact) mass is 758 g/mol. The molecule has 0 fully saturated rings. The fourth-order valence-corrected chi connectivity index (χ4v) is 10.1. The van der Waals surface area contributed by atoms with Crippen LogP contribution in [0.15, 0.2) is 211 Å². The van der Waals surface area contributed by atoms with Crippen molar-refractivity contribution in [3.63, 3.8) is 0 Å². The second-order valence-corrected chi connectivity index (χ2v) is 16.0. The van der Waals surface area contributed by atoms with Gasteiger partial charge in [-0.2, -0.15) is 0 Å². The molecule has 0 bridgehead atoms. The van der Waals surface area contributed by atoms with Crippen molar-refractivity contribution in [3.8, 4) is 27.9 Å². The highest BCUT2D eigenvalue weighted by molar-refractivity contribution is 7.26. The minimum atomic E-state index is 0.894. The van der Waals surface area contributed by atoms with E-state index in [-0.39, 0.29) is 0 Å². The molecule has 4 heteroatoms. The largest absolute Gasteiger partial charge is 0.455 e. The maximum atomic E-state index is 6.51. The van der Waals surface area contributed by atoms with E-state index >= 15 is 0 Å². The van der Waals surface area contributed by atoms with E-state index < -0.39 is 0 Å². The van der Waals surface area contributed by atoms with Crippen molar-refractivity contribution in [2.24, 2.45) is 0 Å². The first-order valence-electron chi connectivity index (χ1n) is 19.7. The van der Waals surface area contributed by atoms with E-state index in [0.717, 1.165) is 66.9 Å². The first kappa shape index (κ1) is 32.8. The van der Waals surface area contributed by atoms with Crippen molar-refractivity contribution < 1.29 is 4.42 Å². The fraction of sp³-hybridized carbons (Fsp3) is 0. The van der Waals surface area contributed by atoms with Gasteiger partial charge in [0.1, 0.15) is 11.2 Å². The predicted molar refractivity (Wildman–Crippen MR) is 247 cm³/mol. The number of benzene rings is 9. The summed E-state index contributed by atoms with van der Waals surface area (Å²) in [5, 5.41) is 7.24. The van der Waals surface area contributed by atoms with E-state index in [4.69, 9.17) is 4.42 Å². The number of hydrogen-bond donors (Lipinski definition) is 0. The smallest absolute Gasteiger partial charge is 0.143 e. The summed E-state index contributed by atoms with van der Waals surface area (Å²) in [4.78, 5) is 2.44. The van der Waals surface area contributed by atoms with Crippen LogP contribution in [-0.2, 0) is 0 Å². The second kappa shape index (κ2) is 13.1. The third-order valence-electron chi connectivity index (χ3n) is 11.6. The number of nitrogens with zero attached hydrogens (tertiary/aromatic N) is 2. The van der Waals surface area contributed by atoms with E-state index in [1.54, 1.807) is 0 Å². The lowest BCUT2D eigenvalue weighted by molar-refractivity contribution is 0.670. The lowest BCUT2D eigenvalue weighted by atomic mass is 10.00. The molecule has 58 heavy (non-hydrogen) atoms. The fourth-order valence-electron chi connectivity index (χ4n) is 8.95. The van der Waals surface area contributed by atoms with Crippen LogP contribution in [-0.4, -0.2) is 4.57 Å². The topological polar surface area (TPSA) is 21.3 Å².